The van der Waals surface area contributed by atoms with Gasteiger partial charge in [-0.05, 0) is 50.8 Å². The zero-order valence-corrected chi connectivity index (χ0v) is 21.2. The zero-order valence-electron chi connectivity index (χ0n) is 20.4. The van der Waals surface area contributed by atoms with Crippen LogP contribution in [0.25, 0.3) is 0 Å². The molecule has 0 radical (unpaired) electrons. The van der Waals surface area contributed by atoms with Gasteiger partial charge in [0.05, 0.1) is 12.1 Å². The molecule has 0 heterocycles. The predicted molar refractivity (Wildman–Crippen MR) is 129 cm³/mol. The number of carbonyl (C=O) groups is 1. The van der Waals surface area contributed by atoms with Crippen LogP contribution in [0.1, 0.15) is 40.2 Å². The van der Waals surface area contributed by atoms with Crippen LogP contribution in [-0.2, 0) is 21.2 Å². The summed E-state index contributed by atoms with van der Waals surface area (Å²) in [6.45, 7) is 8.56. The minimum absolute atomic E-state index is 0.0677. The number of ether oxygens (including phenoxy) is 1. The molecule has 2 N–H and O–H groups in total. The molecular formula is C25H35FN2O5S. The first-order valence-corrected chi connectivity index (χ1v) is 12.7. The average molecular weight is 495 g/mol. The number of amides is 1. The van der Waals surface area contributed by atoms with Gasteiger partial charge in [-0.3, -0.25) is 0 Å². The first-order chi connectivity index (χ1) is 15.8. The summed E-state index contributed by atoms with van der Waals surface area (Å²) in [5, 5.41) is 13.8. The highest BCUT2D eigenvalue weighted by Crippen LogP contribution is 2.21. The lowest BCUT2D eigenvalue weighted by Crippen LogP contribution is -2.52. The fourth-order valence-corrected chi connectivity index (χ4v) is 5.10. The molecule has 34 heavy (non-hydrogen) atoms. The number of nitrogens with one attached hydrogen (secondary N) is 1. The van der Waals surface area contributed by atoms with Crippen molar-refractivity contribution in [3.05, 3.63) is 66.0 Å². The fraction of sp³-hybridized carbons (Fsp3) is 0.480. The smallest absolute Gasteiger partial charge is 0.407 e. The normalized spacial score (nSPS) is 14.1. The molecule has 0 aliphatic carbocycles. The second-order valence-corrected chi connectivity index (χ2v) is 11.6. The van der Waals surface area contributed by atoms with Gasteiger partial charge in [-0.15, -0.1) is 0 Å². The Morgan fingerprint density at radius 1 is 1.06 bits per heavy atom. The highest BCUT2D eigenvalue weighted by atomic mass is 32.2. The first kappa shape index (κ1) is 27.8. The van der Waals surface area contributed by atoms with Crippen molar-refractivity contribution in [2.45, 2.75) is 63.7 Å². The Bertz CT molecular complexity index is 1040. The van der Waals surface area contributed by atoms with Crippen LogP contribution in [0.2, 0.25) is 0 Å². The summed E-state index contributed by atoms with van der Waals surface area (Å²) in [4.78, 5) is 12.0. The van der Waals surface area contributed by atoms with Crippen molar-refractivity contribution in [3.8, 4) is 0 Å². The van der Waals surface area contributed by atoms with E-state index in [-0.39, 0.29) is 25.4 Å². The Kier molecular flexibility index (Phi) is 9.61. The lowest BCUT2D eigenvalue weighted by molar-refractivity contribution is 0.0400. The fourth-order valence-electron chi connectivity index (χ4n) is 3.42. The Balaban J connectivity index is 2.33. The number of benzene rings is 2. The van der Waals surface area contributed by atoms with Gasteiger partial charge < -0.3 is 15.2 Å². The number of nitrogens with zero attached hydrogens (tertiary/aromatic N) is 1. The maximum Gasteiger partial charge on any atom is 0.407 e. The summed E-state index contributed by atoms with van der Waals surface area (Å²) in [7, 11) is -4.23. The molecule has 0 spiro atoms. The van der Waals surface area contributed by atoms with E-state index in [1.807, 2.05) is 44.2 Å². The molecule has 188 valence electrons. The van der Waals surface area contributed by atoms with Crippen molar-refractivity contribution >= 4 is 16.1 Å². The summed E-state index contributed by atoms with van der Waals surface area (Å²) in [6.07, 6.45) is -1.76. The van der Waals surface area contributed by atoms with Crippen molar-refractivity contribution in [2.75, 3.05) is 13.1 Å². The van der Waals surface area contributed by atoms with Crippen molar-refractivity contribution < 1.29 is 27.4 Å². The van der Waals surface area contributed by atoms with Gasteiger partial charge in [0.1, 0.15) is 16.3 Å². The molecule has 0 saturated carbocycles. The van der Waals surface area contributed by atoms with Gasteiger partial charge in [0.15, 0.2) is 0 Å². The van der Waals surface area contributed by atoms with Gasteiger partial charge in [-0.1, -0.05) is 56.3 Å². The van der Waals surface area contributed by atoms with Crippen molar-refractivity contribution in [1.29, 1.82) is 0 Å². The molecular weight excluding hydrogens is 459 g/mol. The summed E-state index contributed by atoms with van der Waals surface area (Å²) >= 11 is 0. The minimum atomic E-state index is -4.23. The second-order valence-electron chi connectivity index (χ2n) is 9.66. The summed E-state index contributed by atoms with van der Waals surface area (Å²) in [5.41, 5.74) is 0.0967. The first-order valence-electron chi connectivity index (χ1n) is 11.3. The summed E-state index contributed by atoms with van der Waals surface area (Å²) in [6, 6.07) is 13.5. The number of aliphatic hydroxyl groups is 1. The maximum absolute atomic E-state index is 14.4. The standard InChI is InChI=1S/C25H35FN2O5S/c1-18(2)16-28(34(31,32)23-14-10-9-13-20(23)26)17-22(29)21(15-19-11-7-6-8-12-19)27-24(30)33-25(3,4)5/h6-14,18,21-22,29H,15-17H2,1-5H3,(H,27,30)/t21-,22+/m0/s1. The third-order valence-electron chi connectivity index (χ3n) is 4.88. The van der Waals surface area contributed by atoms with Crippen LogP contribution in [-0.4, -0.2) is 54.8 Å². The van der Waals surface area contributed by atoms with E-state index in [2.05, 4.69) is 5.32 Å². The Hall–Kier alpha value is -2.49. The summed E-state index contributed by atoms with van der Waals surface area (Å²) in [5.74, 6) is -0.946. The number of sulfonamides is 1. The van der Waals surface area contributed by atoms with Crippen molar-refractivity contribution in [3.63, 3.8) is 0 Å². The van der Waals surface area contributed by atoms with E-state index in [9.17, 15) is 22.7 Å². The van der Waals surface area contributed by atoms with Crippen LogP contribution >= 0.6 is 0 Å². The zero-order chi connectivity index (χ0) is 25.5. The Morgan fingerprint density at radius 3 is 2.21 bits per heavy atom. The van der Waals surface area contributed by atoms with Crippen LogP contribution in [0.4, 0.5) is 9.18 Å². The van der Waals surface area contributed by atoms with E-state index >= 15 is 0 Å². The number of hydrogen-bond acceptors (Lipinski definition) is 5. The second kappa shape index (κ2) is 11.8. The maximum atomic E-state index is 14.4. The van der Waals surface area contributed by atoms with E-state index in [1.54, 1.807) is 20.8 Å². The molecule has 1 amide bonds. The quantitative estimate of drug-likeness (QED) is 0.521. The number of rotatable bonds is 10. The SMILES string of the molecule is CC(C)CN(C[C@@H](O)[C@H](Cc1ccccc1)NC(=O)OC(C)(C)C)S(=O)(=O)c1ccccc1F. The van der Waals surface area contributed by atoms with E-state index < -0.39 is 44.6 Å². The van der Waals surface area contributed by atoms with Gasteiger partial charge >= 0.3 is 6.09 Å². The monoisotopic (exact) mass is 494 g/mol. The molecule has 2 aromatic rings. The number of aliphatic hydroxyl groups excluding tert-OH is 1. The number of alkyl carbamates (subject to hydrolysis) is 1. The van der Waals surface area contributed by atoms with Crippen LogP contribution in [0, 0.1) is 11.7 Å². The van der Waals surface area contributed by atoms with Gasteiger partial charge in [0, 0.05) is 13.1 Å². The molecule has 2 aromatic carbocycles. The molecule has 0 unspecified atom stereocenters. The van der Waals surface area contributed by atoms with Crippen LogP contribution < -0.4 is 5.32 Å². The third-order valence-corrected chi connectivity index (χ3v) is 6.74. The molecule has 0 aromatic heterocycles. The molecule has 0 fully saturated rings. The molecule has 0 aliphatic rings. The summed E-state index contributed by atoms with van der Waals surface area (Å²) < 4.78 is 47.3. The van der Waals surface area contributed by atoms with E-state index in [0.29, 0.717) is 0 Å². The molecule has 2 atom stereocenters. The topological polar surface area (TPSA) is 95.9 Å². The van der Waals surface area contributed by atoms with Crippen molar-refractivity contribution in [1.82, 2.24) is 9.62 Å². The highest BCUT2D eigenvalue weighted by Gasteiger charge is 2.33. The third kappa shape index (κ3) is 8.38. The number of carbonyl (C=O) groups excluding carboxylic acids is 1. The average Bonchev–Trinajstić information content (AvgIpc) is 2.72. The predicted octanol–water partition coefficient (Wildman–Crippen LogP) is 3.97. The van der Waals surface area contributed by atoms with Gasteiger partial charge in [-0.25, -0.2) is 17.6 Å². The van der Waals surface area contributed by atoms with E-state index in [4.69, 9.17) is 4.74 Å². The van der Waals surface area contributed by atoms with E-state index in [0.717, 1.165) is 15.9 Å². The lowest BCUT2D eigenvalue weighted by Gasteiger charge is -2.31. The van der Waals surface area contributed by atoms with Crippen LogP contribution in [0.3, 0.4) is 0 Å². The van der Waals surface area contributed by atoms with Crippen LogP contribution in [0.15, 0.2) is 59.5 Å². The molecule has 0 bridgehead atoms. The number of halogens is 1. The van der Waals surface area contributed by atoms with Gasteiger partial charge in [0.2, 0.25) is 10.0 Å². The largest absolute Gasteiger partial charge is 0.444 e. The van der Waals surface area contributed by atoms with E-state index in [1.165, 1.54) is 18.2 Å². The van der Waals surface area contributed by atoms with Gasteiger partial charge in [0.25, 0.3) is 0 Å². The Labute approximate surface area is 202 Å². The highest BCUT2D eigenvalue weighted by molar-refractivity contribution is 7.89. The molecule has 2 rings (SSSR count). The minimum Gasteiger partial charge on any atom is -0.444 e. The molecule has 0 saturated heterocycles. The Morgan fingerprint density at radius 2 is 1.65 bits per heavy atom. The molecule has 9 heteroatoms. The van der Waals surface area contributed by atoms with Crippen molar-refractivity contribution in [2.24, 2.45) is 5.92 Å². The molecule has 7 nitrogen and oxygen atoms in total. The van der Waals surface area contributed by atoms with Crippen LogP contribution in [0.5, 0.6) is 0 Å². The number of hydrogen-bond donors (Lipinski definition) is 2. The van der Waals surface area contributed by atoms with Gasteiger partial charge in [-0.2, -0.15) is 4.31 Å². The lowest BCUT2D eigenvalue weighted by atomic mass is 10.0. The molecule has 0 aliphatic heterocycles.